The summed E-state index contributed by atoms with van der Waals surface area (Å²) in [5.74, 6) is 1.86. The lowest BCUT2D eigenvalue weighted by Crippen LogP contribution is -2.22. The maximum absolute atomic E-state index is 12.5. The maximum Gasteiger partial charge on any atom is 0.251 e. The number of carbonyl (C=O) groups is 1. The highest BCUT2D eigenvalue weighted by Crippen LogP contribution is 2.28. The van der Waals surface area contributed by atoms with Gasteiger partial charge in [0.25, 0.3) is 5.91 Å². The fourth-order valence-electron chi connectivity index (χ4n) is 2.64. The summed E-state index contributed by atoms with van der Waals surface area (Å²) in [6.07, 6.45) is 2.07. The van der Waals surface area contributed by atoms with E-state index in [0.29, 0.717) is 55.8 Å². The number of ether oxygens (including phenoxy) is 4. The van der Waals surface area contributed by atoms with Gasteiger partial charge < -0.3 is 24.3 Å². The molecule has 0 aliphatic heterocycles. The molecule has 1 amide bonds. The first-order chi connectivity index (χ1) is 14.2. The SMILES string of the molecule is CCCCOc1ccc(CNC(=O)c2cccc(OCCOCC)c2)cc1OC. The average molecular weight is 402 g/mol. The van der Waals surface area contributed by atoms with Crippen LogP contribution in [0, 0.1) is 0 Å². The maximum atomic E-state index is 12.5. The molecule has 2 rings (SSSR count). The van der Waals surface area contributed by atoms with Crippen LogP contribution in [0.4, 0.5) is 0 Å². The van der Waals surface area contributed by atoms with Crippen molar-refractivity contribution in [1.82, 2.24) is 5.32 Å². The monoisotopic (exact) mass is 401 g/mol. The first-order valence-electron chi connectivity index (χ1n) is 10.1. The van der Waals surface area contributed by atoms with Crippen LogP contribution >= 0.6 is 0 Å². The Morgan fingerprint density at radius 3 is 2.59 bits per heavy atom. The Labute approximate surface area is 173 Å². The standard InChI is InChI=1S/C23H31NO5/c1-4-6-12-29-21-11-10-18(15-22(21)26-3)17-24-23(25)19-8-7-9-20(16-19)28-14-13-27-5-2/h7-11,15-16H,4-6,12-14,17H2,1-3H3,(H,24,25). The smallest absolute Gasteiger partial charge is 0.251 e. The predicted octanol–water partition coefficient (Wildman–Crippen LogP) is 4.22. The van der Waals surface area contributed by atoms with Crippen molar-refractivity contribution in [2.45, 2.75) is 33.2 Å². The normalized spacial score (nSPS) is 10.4. The third-order valence-corrected chi connectivity index (χ3v) is 4.23. The lowest BCUT2D eigenvalue weighted by molar-refractivity contribution is 0.0949. The summed E-state index contributed by atoms with van der Waals surface area (Å²) < 4.78 is 22.0. The van der Waals surface area contributed by atoms with E-state index in [1.165, 1.54) is 0 Å². The van der Waals surface area contributed by atoms with Crippen molar-refractivity contribution in [3.8, 4) is 17.2 Å². The van der Waals surface area contributed by atoms with Crippen LogP contribution < -0.4 is 19.5 Å². The Morgan fingerprint density at radius 1 is 0.966 bits per heavy atom. The Balaban J connectivity index is 1.91. The molecule has 0 saturated carbocycles. The Morgan fingerprint density at radius 2 is 1.83 bits per heavy atom. The van der Waals surface area contributed by atoms with E-state index in [1.54, 1.807) is 25.3 Å². The van der Waals surface area contributed by atoms with Crippen LogP contribution in [0.5, 0.6) is 17.2 Å². The fraction of sp³-hybridized carbons (Fsp3) is 0.435. The zero-order valence-electron chi connectivity index (χ0n) is 17.5. The summed E-state index contributed by atoms with van der Waals surface area (Å²) in [5.41, 5.74) is 1.48. The van der Waals surface area contributed by atoms with Gasteiger partial charge in [-0.15, -0.1) is 0 Å². The van der Waals surface area contributed by atoms with Crippen LogP contribution in [0.1, 0.15) is 42.6 Å². The highest BCUT2D eigenvalue weighted by atomic mass is 16.5. The van der Waals surface area contributed by atoms with Gasteiger partial charge in [-0.25, -0.2) is 0 Å². The molecule has 1 N–H and O–H groups in total. The molecule has 0 heterocycles. The molecule has 0 fully saturated rings. The molecule has 0 aliphatic carbocycles. The molecule has 0 atom stereocenters. The molecule has 0 aliphatic rings. The van der Waals surface area contributed by atoms with E-state index in [0.717, 1.165) is 18.4 Å². The van der Waals surface area contributed by atoms with Gasteiger partial charge in [0.15, 0.2) is 11.5 Å². The summed E-state index contributed by atoms with van der Waals surface area (Å²) in [6, 6.07) is 12.8. The molecule has 0 aromatic heterocycles. The van der Waals surface area contributed by atoms with Gasteiger partial charge in [0.05, 0.1) is 20.3 Å². The van der Waals surface area contributed by atoms with Gasteiger partial charge in [0.1, 0.15) is 12.4 Å². The molecule has 0 unspecified atom stereocenters. The summed E-state index contributed by atoms with van der Waals surface area (Å²) in [7, 11) is 1.61. The van der Waals surface area contributed by atoms with Crippen molar-refractivity contribution >= 4 is 5.91 Å². The minimum Gasteiger partial charge on any atom is -0.493 e. The second-order valence-corrected chi connectivity index (χ2v) is 6.44. The molecule has 2 aromatic carbocycles. The Kier molecular flexibility index (Phi) is 9.86. The zero-order chi connectivity index (χ0) is 20.9. The number of unbranched alkanes of at least 4 members (excludes halogenated alkanes) is 1. The van der Waals surface area contributed by atoms with E-state index < -0.39 is 0 Å². The van der Waals surface area contributed by atoms with Gasteiger partial charge >= 0.3 is 0 Å². The first kappa shape index (κ1) is 22.6. The minimum absolute atomic E-state index is 0.164. The molecule has 6 heteroatoms. The first-order valence-corrected chi connectivity index (χ1v) is 10.1. The minimum atomic E-state index is -0.164. The van der Waals surface area contributed by atoms with Gasteiger partial charge in [-0.1, -0.05) is 25.5 Å². The summed E-state index contributed by atoms with van der Waals surface area (Å²) >= 11 is 0. The van der Waals surface area contributed by atoms with Crippen molar-refractivity contribution < 1.29 is 23.7 Å². The van der Waals surface area contributed by atoms with Crippen LogP contribution in [0.2, 0.25) is 0 Å². The highest BCUT2D eigenvalue weighted by molar-refractivity contribution is 5.94. The van der Waals surface area contributed by atoms with Crippen molar-refractivity contribution in [1.29, 1.82) is 0 Å². The fourth-order valence-corrected chi connectivity index (χ4v) is 2.64. The van der Waals surface area contributed by atoms with Crippen molar-refractivity contribution in [3.63, 3.8) is 0 Å². The number of benzene rings is 2. The van der Waals surface area contributed by atoms with Crippen LogP contribution in [0.3, 0.4) is 0 Å². The number of nitrogens with one attached hydrogen (secondary N) is 1. The van der Waals surface area contributed by atoms with Crippen LogP contribution in [0.25, 0.3) is 0 Å². The highest BCUT2D eigenvalue weighted by Gasteiger charge is 2.09. The lowest BCUT2D eigenvalue weighted by atomic mass is 10.1. The number of amides is 1. The number of rotatable bonds is 13. The number of hydrogen-bond acceptors (Lipinski definition) is 5. The summed E-state index contributed by atoms with van der Waals surface area (Å²) in [5, 5.41) is 2.93. The third kappa shape index (κ3) is 7.66. The van der Waals surface area contributed by atoms with E-state index in [1.807, 2.05) is 31.2 Å². The molecule has 29 heavy (non-hydrogen) atoms. The third-order valence-electron chi connectivity index (χ3n) is 4.23. The van der Waals surface area contributed by atoms with E-state index in [9.17, 15) is 4.79 Å². The topological polar surface area (TPSA) is 66.0 Å². The Hall–Kier alpha value is -2.73. The average Bonchev–Trinajstić information content (AvgIpc) is 2.76. The van der Waals surface area contributed by atoms with Gasteiger partial charge in [-0.05, 0) is 49.2 Å². The quantitative estimate of drug-likeness (QED) is 0.509. The summed E-state index contributed by atoms with van der Waals surface area (Å²) in [6.45, 7) is 6.73. The van der Waals surface area contributed by atoms with Gasteiger partial charge in [0, 0.05) is 18.7 Å². The predicted molar refractivity (Wildman–Crippen MR) is 113 cm³/mol. The molecule has 0 bridgehead atoms. The summed E-state index contributed by atoms with van der Waals surface area (Å²) in [4.78, 5) is 12.5. The number of carbonyl (C=O) groups excluding carboxylic acids is 1. The van der Waals surface area contributed by atoms with Crippen LogP contribution in [-0.4, -0.2) is 39.4 Å². The lowest BCUT2D eigenvalue weighted by Gasteiger charge is -2.13. The number of hydrogen-bond donors (Lipinski definition) is 1. The van der Waals surface area contributed by atoms with Crippen molar-refractivity contribution in [2.24, 2.45) is 0 Å². The largest absolute Gasteiger partial charge is 0.493 e. The van der Waals surface area contributed by atoms with Gasteiger partial charge in [-0.2, -0.15) is 0 Å². The van der Waals surface area contributed by atoms with Crippen molar-refractivity contribution in [2.75, 3.05) is 33.5 Å². The molecule has 0 radical (unpaired) electrons. The molecule has 0 spiro atoms. The van der Waals surface area contributed by atoms with Crippen LogP contribution in [0.15, 0.2) is 42.5 Å². The second kappa shape index (κ2) is 12.7. The molecule has 0 saturated heterocycles. The van der Waals surface area contributed by atoms with Crippen LogP contribution in [-0.2, 0) is 11.3 Å². The molecule has 6 nitrogen and oxygen atoms in total. The second-order valence-electron chi connectivity index (χ2n) is 6.44. The van der Waals surface area contributed by atoms with E-state index in [-0.39, 0.29) is 5.91 Å². The molecule has 158 valence electrons. The Bertz CT molecular complexity index is 763. The van der Waals surface area contributed by atoms with Gasteiger partial charge in [-0.3, -0.25) is 4.79 Å². The molecule has 2 aromatic rings. The van der Waals surface area contributed by atoms with Gasteiger partial charge in [0.2, 0.25) is 0 Å². The molecular formula is C23H31NO5. The van der Waals surface area contributed by atoms with Crippen molar-refractivity contribution in [3.05, 3.63) is 53.6 Å². The van der Waals surface area contributed by atoms with E-state index in [2.05, 4.69) is 12.2 Å². The molecular weight excluding hydrogens is 370 g/mol. The zero-order valence-corrected chi connectivity index (χ0v) is 17.5. The van der Waals surface area contributed by atoms with E-state index in [4.69, 9.17) is 18.9 Å². The number of methoxy groups -OCH3 is 1. The van der Waals surface area contributed by atoms with E-state index >= 15 is 0 Å².